The molecule has 7 heteroatoms. The van der Waals surface area contributed by atoms with Crippen molar-refractivity contribution in [1.29, 1.82) is 0 Å². The predicted molar refractivity (Wildman–Crippen MR) is 81.3 cm³/mol. The summed E-state index contributed by atoms with van der Waals surface area (Å²) in [6.45, 7) is 8.68. The molecule has 118 valence electrons. The van der Waals surface area contributed by atoms with Crippen LogP contribution in [0.1, 0.15) is 11.4 Å². The van der Waals surface area contributed by atoms with Crippen molar-refractivity contribution in [3.05, 3.63) is 11.4 Å². The highest BCUT2D eigenvalue weighted by atomic mass is 16.3. The fourth-order valence-electron chi connectivity index (χ4n) is 2.65. The molecule has 2 rings (SSSR count). The minimum atomic E-state index is 0.00445. The summed E-state index contributed by atoms with van der Waals surface area (Å²) in [6.07, 6.45) is 0. The normalized spacial score (nSPS) is 17.1. The summed E-state index contributed by atoms with van der Waals surface area (Å²) < 4.78 is 1.78. The maximum absolute atomic E-state index is 12.2. The molecule has 0 spiro atoms. The van der Waals surface area contributed by atoms with E-state index in [4.69, 9.17) is 5.11 Å². The standard InChI is InChI=1S/C14H25N5O2/c1-11-14(12(2)17(3)16-11)15-13(21)10-19-6-4-18(5-7-19)8-9-20/h20H,4-10H2,1-3H3,(H,15,21). The van der Waals surface area contributed by atoms with Crippen LogP contribution in [0, 0.1) is 13.8 Å². The van der Waals surface area contributed by atoms with Gasteiger partial charge in [-0.25, -0.2) is 0 Å². The second-order valence-electron chi connectivity index (χ2n) is 5.56. The van der Waals surface area contributed by atoms with Crippen LogP contribution in [0.3, 0.4) is 0 Å². The van der Waals surface area contributed by atoms with Crippen molar-refractivity contribution in [2.75, 3.05) is 51.2 Å². The van der Waals surface area contributed by atoms with Gasteiger partial charge in [-0.15, -0.1) is 0 Å². The lowest BCUT2D eigenvalue weighted by molar-refractivity contribution is -0.117. The minimum absolute atomic E-state index is 0.00445. The molecular formula is C14H25N5O2. The largest absolute Gasteiger partial charge is 0.395 e. The molecule has 0 aromatic carbocycles. The number of nitrogens with one attached hydrogen (secondary N) is 1. The van der Waals surface area contributed by atoms with Gasteiger partial charge in [0.15, 0.2) is 0 Å². The van der Waals surface area contributed by atoms with Gasteiger partial charge in [0.05, 0.1) is 30.2 Å². The van der Waals surface area contributed by atoms with Crippen LogP contribution >= 0.6 is 0 Å². The second kappa shape index (κ2) is 7.02. The molecule has 1 aromatic heterocycles. The SMILES string of the molecule is Cc1nn(C)c(C)c1NC(=O)CN1CCN(CCO)CC1. The van der Waals surface area contributed by atoms with E-state index < -0.39 is 0 Å². The molecular weight excluding hydrogens is 270 g/mol. The van der Waals surface area contributed by atoms with Gasteiger partial charge in [-0.1, -0.05) is 0 Å². The molecule has 0 bridgehead atoms. The zero-order chi connectivity index (χ0) is 15.4. The summed E-state index contributed by atoms with van der Waals surface area (Å²) in [4.78, 5) is 16.5. The number of aliphatic hydroxyl groups is 1. The summed E-state index contributed by atoms with van der Waals surface area (Å²) in [5.41, 5.74) is 2.63. The molecule has 1 amide bonds. The lowest BCUT2D eigenvalue weighted by Crippen LogP contribution is -2.49. The zero-order valence-electron chi connectivity index (χ0n) is 13.1. The van der Waals surface area contributed by atoms with Gasteiger partial charge >= 0.3 is 0 Å². The van der Waals surface area contributed by atoms with Gasteiger partial charge in [0.2, 0.25) is 5.91 Å². The third kappa shape index (κ3) is 4.03. The van der Waals surface area contributed by atoms with Gasteiger partial charge in [0.25, 0.3) is 0 Å². The van der Waals surface area contributed by atoms with E-state index in [9.17, 15) is 4.79 Å². The highest BCUT2D eigenvalue weighted by molar-refractivity contribution is 5.93. The molecule has 1 aliphatic rings. The summed E-state index contributed by atoms with van der Waals surface area (Å²) in [6, 6.07) is 0. The maximum atomic E-state index is 12.2. The van der Waals surface area contributed by atoms with Crippen molar-refractivity contribution in [2.45, 2.75) is 13.8 Å². The third-order valence-electron chi connectivity index (χ3n) is 4.02. The maximum Gasteiger partial charge on any atom is 0.238 e. The molecule has 21 heavy (non-hydrogen) atoms. The molecule has 0 radical (unpaired) electrons. The zero-order valence-corrected chi connectivity index (χ0v) is 13.1. The summed E-state index contributed by atoms with van der Waals surface area (Å²) in [7, 11) is 1.87. The monoisotopic (exact) mass is 295 g/mol. The van der Waals surface area contributed by atoms with Gasteiger partial charge in [0.1, 0.15) is 0 Å². The van der Waals surface area contributed by atoms with Crippen molar-refractivity contribution in [1.82, 2.24) is 19.6 Å². The Morgan fingerprint density at radius 1 is 1.24 bits per heavy atom. The van der Waals surface area contributed by atoms with E-state index in [0.717, 1.165) is 43.3 Å². The average molecular weight is 295 g/mol. The first-order chi connectivity index (χ1) is 10.0. The van der Waals surface area contributed by atoms with Crippen LogP contribution in [-0.2, 0) is 11.8 Å². The van der Waals surface area contributed by atoms with Crippen LogP contribution in [0.25, 0.3) is 0 Å². The number of aliphatic hydroxyl groups excluding tert-OH is 1. The van der Waals surface area contributed by atoms with E-state index in [-0.39, 0.29) is 12.5 Å². The van der Waals surface area contributed by atoms with Gasteiger partial charge in [-0.3, -0.25) is 19.3 Å². The number of aromatic nitrogens is 2. The number of piperazine rings is 1. The van der Waals surface area contributed by atoms with E-state index in [1.807, 2.05) is 20.9 Å². The number of hydrogen-bond acceptors (Lipinski definition) is 5. The van der Waals surface area contributed by atoms with Gasteiger partial charge in [-0.2, -0.15) is 5.10 Å². The number of nitrogens with zero attached hydrogens (tertiary/aromatic N) is 4. The lowest BCUT2D eigenvalue weighted by Gasteiger charge is -2.33. The highest BCUT2D eigenvalue weighted by Gasteiger charge is 2.19. The molecule has 0 aliphatic carbocycles. The molecule has 1 fully saturated rings. The van der Waals surface area contributed by atoms with E-state index >= 15 is 0 Å². The predicted octanol–water partition coefficient (Wildman–Crippen LogP) is -0.415. The van der Waals surface area contributed by atoms with Crippen LogP contribution in [0.4, 0.5) is 5.69 Å². The Kier molecular flexibility index (Phi) is 5.33. The third-order valence-corrected chi connectivity index (χ3v) is 4.02. The fourth-order valence-corrected chi connectivity index (χ4v) is 2.65. The first-order valence-corrected chi connectivity index (χ1v) is 7.37. The number of rotatable bonds is 5. The molecule has 1 aliphatic heterocycles. The van der Waals surface area contributed by atoms with Gasteiger partial charge in [-0.05, 0) is 13.8 Å². The van der Waals surface area contributed by atoms with E-state index in [1.165, 1.54) is 0 Å². The quantitative estimate of drug-likeness (QED) is 0.772. The van der Waals surface area contributed by atoms with Gasteiger partial charge in [0, 0.05) is 39.8 Å². The van der Waals surface area contributed by atoms with Crippen molar-refractivity contribution < 1.29 is 9.90 Å². The topological polar surface area (TPSA) is 73.6 Å². The molecule has 2 heterocycles. The van der Waals surface area contributed by atoms with E-state index in [0.29, 0.717) is 13.1 Å². The fraction of sp³-hybridized carbons (Fsp3) is 0.714. The van der Waals surface area contributed by atoms with Crippen molar-refractivity contribution in [2.24, 2.45) is 7.05 Å². The molecule has 7 nitrogen and oxygen atoms in total. The summed E-state index contributed by atoms with van der Waals surface area (Å²) in [5, 5.41) is 16.2. The Balaban J connectivity index is 1.83. The average Bonchev–Trinajstić information content (AvgIpc) is 2.68. The lowest BCUT2D eigenvalue weighted by atomic mass is 10.3. The Labute approximate surface area is 125 Å². The number of carbonyl (C=O) groups excluding carboxylic acids is 1. The van der Waals surface area contributed by atoms with E-state index in [2.05, 4.69) is 20.2 Å². The van der Waals surface area contributed by atoms with Crippen LogP contribution < -0.4 is 5.32 Å². The Morgan fingerprint density at radius 3 is 2.38 bits per heavy atom. The molecule has 0 saturated carbocycles. The van der Waals surface area contributed by atoms with E-state index in [1.54, 1.807) is 4.68 Å². The number of hydrogen-bond donors (Lipinski definition) is 2. The molecule has 2 N–H and O–H groups in total. The smallest absolute Gasteiger partial charge is 0.238 e. The second-order valence-corrected chi connectivity index (χ2v) is 5.56. The van der Waals surface area contributed by atoms with Crippen LogP contribution in [0.5, 0.6) is 0 Å². The van der Waals surface area contributed by atoms with Gasteiger partial charge < -0.3 is 10.4 Å². The first-order valence-electron chi connectivity index (χ1n) is 7.37. The van der Waals surface area contributed by atoms with Crippen molar-refractivity contribution in [3.63, 3.8) is 0 Å². The van der Waals surface area contributed by atoms with Crippen LogP contribution in [-0.4, -0.2) is 76.5 Å². The Hall–Kier alpha value is -1.44. The van der Waals surface area contributed by atoms with Crippen LogP contribution in [0.15, 0.2) is 0 Å². The van der Waals surface area contributed by atoms with Crippen LogP contribution in [0.2, 0.25) is 0 Å². The number of anilines is 1. The Bertz CT molecular complexity index is 492. The number of β-amino-alcohol motifs (C(OH)–C–C–N with tert-alkyl or cyclic N) is 1. The number of aryl methyl sites for hydroxylation is 2. The minimum Gasteiger partial charge on any atom is -0.395 e. The summed E-state index contributed by atoms with van der Waals surface area (Å²) >= 11 is 0. The number of carbonyl (C=O) groups is 1. The van der Waals surface area contributed by atoms with Crippen molar-refractivity contribution >= 4 is 11.6 Å². The molecule has 0 unspecified atom stereocenters. The highest BCUT2D eigenvalue weighted by Crippen LogP contribution is 2.18. The molecule has 1 aromatic rings. The summed E-state index contributed by atoms with van der Waals surface area (Å²) in [5.74, 6) is 0.00445. The molecule has 1 saturated heterocycles. The first kappa shape index (κ1) is 15.9. The Morgan fingerprint density at radius 2 is 1.86 bits per heavy atom. The van der Waals surface area contributed by atoms with Crippen molar-refractivity contribution in [3.8, 4) is 0 Å². The molecule has 0 atom stereocenters. The number of amides is 1.